The molecule has 21 heavy (non-hydrogen) atoms. The summed E-state index contributed by atoms with van der Waals surface area (Å²) in [6.45, 7) is 3.92. The first-order valence-corrected chi connectivity index (χ1v) is 6.93. The SMILES string of the molecule is CCc1cccc(CC)c1NC(=O)NC(COC)C(=O)O. The van der Waals surface area contributed by atoms with Gasteiger partial charge in [-0.1, -0.05) is 32.0 Å². The second-order valence-corrected chi connectivity index (χ2v) is 4.60. The predicted molar refractivity (Wildman–Crippen MR) is 80.7 cm³/mol. The summed E-state index contributed by atoms with van der Waals surface area (Å²) >= 11 is 0. The fourth-order valence-corrected chi connectivity index (χ4v) is 2.05. The zero-order valence-electron chi connectivity index (χ0n) is 12.6. The van der Waals surface area contributed by atoms with Gasteiger partial charge in [0.1, 0.15) is 0 Å². The highest BCUT2D eigenvalue weighted by molar-refractivity contribution is 5.93. The van der Waals surface area contributed by atoms with E-state index in [0.29, 0.717) is 0 Å². The number of carboxylic acids is 1. The monoisotopic (exact) mass is 294 g/mol. The number of benzene rings is 1. The predicted octanol–water partition coefficient (Wildman–Crippen LogP) is 2.03. The average molecular weight is 294 g/mol. The van der Waals surface area contributed by atoms with E-state index in [2.05, 4.69) is 10.6 Å². The number of rotatable bonds is 7. The molecule has 1 unspecified atom stereocenters. The van der Waals surface area contributed by atoms with E-state index in [9.17, 15) is 9.59 Å². The fraction of sp³-hybridized carbons (Fsp3) is 0.467. The molecule has 1 atom stereocenters. The number of carboxylic acid groups (broad SMARTS) is 1. The van der Waals surface area contributed by atoms with Gasteiger partial charge in [-0.3, -0.25) is 0 Å². The van der Waals surface area contributed by atoms with Crippen molar-refractivity contribution < 1.29 is 19.4 Å². The number of ether oxygens (including phenoxy) is 1. The van der Waals surface area contributed by atoms with Gasteiger partial charge in [0, 0.05) is 12.8 Å². The first-order valence-electron chi connectivity index (χ1n) is 6.93. The molecule has 2 amide bonds. The summed E-state index contributed by atoms with van der Waals surface area (Å²) in [6, 6.07) is 4.21. The Hall–Kier alpha value is -2.08. The summed E-state index contributed by atoms with van der Waals surface area (Å²) in [5, 5.41) is 14.1. The number of hydrogen-bond acceptors (Lipinski definition) is 3. The van der Waals surface area contributed by atoms with Crippen molar-refractivity contribution in [3.05, 3.63) is 29.3 Å². The molecule has 6 heteroatoms. The molecular weight excluding hydrogens is 272 g/mol. The third kappa shape index (κ3) is 4.75. The van der Waals surface area contributed by atoms with Gasteiger partial charge < -0.3 is 20.5 Å². The molecule has 1 aromatic rings. The Morgan fingerprint density at radius 1 is 1.24 bits per heavy atom. The summed E-state index contributed by atoms with van der Waals surface area (Å²) < 4.78 is 4.78. The van der Waals surface area contributed by atoms with Crippen molar-refractivity contribution in [3.63, 3.8) is 0 Å². The smallest absolute Gasteiger partial charge is 0.328 e. The first-order chi connectivity index (χ1) is 10.0. The molecule has 0 radical (unpaired) electrons. The lowest BCUT2D eigenvalue weighted by Crippen LogP contribution is -2.45. The van der Waals surface area contributed by atoms with Crippen LogP contribution in [-0.2, 0) is 22.4 Å². The lowest BCUT2D eigenvalue weighted by molar-refractivity contribution is -0.140. The summed E-state index contributed by atoms with van der Waals surface area (Å²) in [7, 11) is 1.39. The minimum atomic E-state index is -1.13. The van der Waals surface area contributed by atoms with Crippen LogP contribution in [0.25, 0.3) is 0 Å². The van der Waals surface area contributed by atoms with Crippen LogP contribution in [-0.4, -0.2) is 36.9 Å². The third-order valence-corrected chi connectivity index (χ3v) is 3.17. The standard InChI is InChI=1S/C15H22N2O4/c1-4-10-7-6-8-11(5-2)13(10)17-15(20)16-12(9-21-3)14(18)19/h6-8,12H,4-5,9H2,1-3H3,(H,18,19)(H2,16,17,20). The largest absolute Gasteiger partial charge is 0.480 e. The molecule has 0 aliphatic rings. The average Bonchev–Trinajstić information content (AvgIpc) is 2.46. The minimum Gasteiger partial charge on any atom is -0.480 e. The molecule has 0 fully saturated rings. The number of amides is 2. The van der Waals surface area contributed by atoms with Gasteiger partial charge >= 0.3 is 12.0 Å². The van der Waals surface area contributed by atoms with Crippen LogP contribution in [0.3, 0.4) is 0 Å². The number of carbonyl (C=O) groups is 2. The Morgan fingerprint density at radius 2 is 1.81 bits per heavy atom. The first kappa shape index (κ1) is 17.0. The van der Waals surface area contributed by atoms with Crippen molar-refractivity contribution >= 4 is 17.7 Å². The number of aliphatic carboxylic acids is 1. The van der Waals surface area contributed by atoms with Crippen LogP contribution >= 0.6 is 0 Å². The number of nitrogens with one attached hydrogen (secondary N) is 2. The van der Waals surface area contributed by atoms with Gasteiger partial charge in [-0.05, 0) is 24.0 Å². The molecule has 0 aliphatic heterocycles. The highest BCUT2D eigenvalue weighted by Crippen LogP contribution is 2.22. The maximum atomic E-state index is 12.0. The minimum absolute atomic E-state index is 0.0845. The summed E-state index contributed by atoms with van der Waals surface area (Å²) in [5.74, 6) is -1.13. The van der Waals surface area contributed by atoms with E-state index in [0.717, 1.165) is 29.7 Å². The number of anilines is 1. The van der Waals surface area contributed by atoms with E-state index >= 15 is 0 Å². The highest BCUT2D eigenvalue weighted by Gasteiger charge is 2.20. The highest BCUT2D eigenvalue weighted by atomic mass is 16.5. The van der Waals surface area contributed by atoms with E-state index in [-0.39, 0.29) is 6.61 Å². The van der Waals surface area contributed by atoms with E-state index in [4.69, 9.17) is 9.84 Å². The van der Waals surface area contributed by atoms with Gasteiger partial charge in [0.2, 0.25) is 0 Å². The second-order valence-electron chi connectivity index (χ2n) is 4.60. The van der Waals surface area contributed by atoms with Crippen LogP contribution in [0.5, 0.6) is 0 Å². The van der Waals surface area contributed by atoms with Gasteiger partial charge in [-0.2, -0.15) is 0 Å². The molecule has 116 valence electrons. The topological polar surface area (TPSA) is 87.7 Å². The maximum absolute atomic E-state index is 12.0. The van der Waals surface area contributed by atoms with Crippen molar-refractivity contribution in [2.45, 2.75) is 32.7 Å². The Bertz CT molecular complexity index is 480. The molecule has 0 aliphatic carbocycles. The Morgan fingerprint density at radius 3 is 2.24 bits per heavy atom. The number of methoxy groups -OCH3 is 1. The lowest BCUT2D eigenvalue weighted by Gasteiger charge is -2.17. The quantitative estimate of drug-likeness (QED) is 0.718. The molecular formula is C15H22N2O4. The molecule has 3 N–H and O–H groups in total. The summed E-state index contributed by atoms with van der Waals surface area (Å²) in [6.07, 6.45) is 1.56. The van der Waals surface area contributed by atoms with Gasteiger partial charge in [-0.15, -0.1) is 0 Å². The van der Waals surface area contributed by atoms with Crippen LogP contribution < -0.4 is 10.6 Å². The van der Waals surface area contributed by atoms with Gasteiger partial charge in [0.15, 0.2) is 6.04 Å². The summed E-state index contributed by atoms with van der Waals surface area (Å²) in [4.78, 5) is 23.0. The normalized spacial score (nSPS) is 11.8. The van der Waals surface area contributed by atoms with Crippen molar-refractivity contribution in [2.75, 3.05) is 19.0 Å². The summed E-state index contributed by atoms with van der Waals surface area (Å²) in [5.41, 5.74) is 2.78. The maximum Gasteiger partial charge on any atom is 0.328 e. The Balaban J connectivity index is 2.85. The molecule has 0 heterocycles. The zero-order chi connectivity index (χ0) is 15.8. The lowest BCUT2D eigenvalue weighted by atomic mass is 10.0. The zero-order valence-corrected chi connectivity index (χ0v) is 12.6. The fourth-order valence-electron chi connectivity index (χ4n) is 2.05. The van der Waals surface area contributed by atoms with Crippen molar-refractivity contribution in [3.8, 4) is 0 Å². The van der Waals surface area contributed by atoms with Gasteiger partial charge in [0.25, 0.3) is 0 Å². The Kier molecular flexibility index (Phi) is 6.68. The van der Waals surface area contributed by atoms with E-state index in [1.54, 1.807) is 0 Å². The van der Waals surface area contributed by atoms with E-state index in [1.165, 1.54) is 7.11 Å². The molecule has 0 bridgehead atoms. The van der Waals surface area contributed by atoms with Crippen molar-refractivity contribution in [2.24, 2.45) is 0 Å². The molecule has 0 spiro atoms. The number of hydrogen-bond donors (Lipinski definition) is 3. The van der Waals surface area contributed by atoms with Crippen LogP contribution in [0, 0.1) is 0 Å². The molecule has 1 aromatic carbocycles. The second kappa shape index (κ2) is 8.26. The van der Waals surface area contributed by atoms with Crippen LogP contribution in [0.4, 0.5) is 10.5 Å². The number of urea groups is 1. The van der Waals surface area contributed by atoms with Crippen LogP contribution in [0.15, 0.2) is 18.2 Å². The third-order valence-electron chi connectivity index (χ3n) is 3.17. The number of para-hydroxylation sites is 1. The van der Waals surface area contributed by atoms with E-state index < -0.39 is 18.0 Å². The van der Waals surface area contributed by atoms with Crippen molar-refractivity contribution in [1.29, 1.82) is 0 Å². The molecule has 0 saturated carbocycles. The van der Waals surface area contributed by atoms with Crippen LogP contribution in [0.2, 0.25) is 0 Å². The molecule has 6 nitrogen and oxygen atoms in total. The molecule has 1 rings (SSSR count). The van der Waals surface area contributed by atoms with Crippen molar-refractivity contribution in [1.82, 2.24) is 5.32 Å². The van der Waals surface area contributed by atoms with Gasteiger partial charge in [-0.25, -0.2) is 9.59 Å². The molecule has 0 aromatic heterocycles. The molecule has 0 saturated heterocycles. The Labute approximate surface area is 124 Å². The van der Waals surface area contributed by atoms with E-state index in [1.807, 2.05) is 32.0 Å². The number of carbonyl (C=O) groups excluding carboxylic acids is 1. The van der Waals surface area contributed by atoms with Crippen LogP contribution in [0.1, 0.15) is 25.0 Å². The van der Waals surface area contributed by atoms with Gasteiger partial charge in [0.05, 0.1) is 6.61 Å². The number of aryl methyl sites for hydroxylation is 2.